The molecule has 0 saturated heterocycles. The van der Waals surface area contributed by atoms with Crippen molar-refractivity contribution in [2.24, 2.45) is 11.8 Å². The second kappa shape index (κ2) is 8.48. The zero-order valence-electron chi connectivity index (χ0n) is 16.2. The average Bonchev–Trinajstić information content (AvgIpc) is 2.62. The number of fused-ring (bicyclic) bond motifs is 1. The highest BCUT2D eigenvalue weighted by Gasteiger charge is 2.28. The van der Waals surface area contributed by atoms with E-state index < -0.39 is 11.9 Å². The van der Waals surface area contributed by atoms with Gasteiger partial charge in [0.1, 0.15) is 0 Å². The number of hydrogen-bond donors (Lipinski definition) is 0. The van der Waals surface area contributed by atoms with Crippen LogP contribution in [0.3, 0.4) is 0 Å². The molecule has 0 N–H and O–H groups in total. The molecule has 0 radical (unpaired) electrons. The van der Waals surface area contributed by atoms with Gasteiger partial charge in [-0.1, -0.05) is 39.3 Å². The van der Waals surface area contributed by atoms with E-state index in [-0.39, 0.29) is 34.8 Å². The molecule has 0 bridgehead atoms. The van der Waals surface area contributed by atoms with E-state index in [2.05, 4.69) is 0 Å². The van der Waals surface area contributed by atoms with Crippen molar-refractivity contribution in [2.45, 2.75) is 27.7 Å². The van der Waals surface area contributed by atoms with Crippen molar-refractivity contribution in [3.05, 3.63) is 23.2 Å². The lowest BCUT2D eigenvalue weighted by molar-refractivity contribution is -0.138. The summed E-state index contributed by atoms with van der Waals surface area (Å²) >= 11 is 6.15. The van der Waals surface area contributed by atoms with Crippen LogP contribution in [0.4, 0.5) is 0 Å². The van der Waals surface area contributed by atoms with Gasteiger partial charge in [0.2, 0.25) is 11.5 Å². The Balaban J connectivity index is 2.83. The lowest BCUT2D eigenvalue weighted by atomic mass is 10.1. The van der Waals surface area contributed by atoms with Crippen molar-refractivity contribution in [3.8, 4) is 23.0 Å². The monoisotopic (exact) mass is 394 g/mol. The minimum atomic E-state index is -0.441. The summed E-state index contributed by atoms with van der Waals surface area (Å²) in [6.07, 6.45) is 0. The van der Waals surface area contributed by atoms with Gasteiger partial charge in [-0.3, -0.25) is 9.59 Å². The molecular weight excluding hydrogens is 372 g/mol. The summed E-state index contributed by atoms with van der Waals surface area (Å²) in [6, 6.07) is 4.94. The molecule has 7 heteroatoms. The summed E-state index contributed by atoms with van der Waals surface area (Å²) in [7, 11) is 2.83. The fraction of sp³-hybridized carbons (Fsp3) is 0.400. The first kappa shape index (κ1) is 20.8. The van der Waals surface area contributed by atoms with Gasteiger partial charge in [0.25, 0.3) is 0 Å². The summed E-state index contributed by atoms with van der Waals surface area (Å²) < 4.78 is 22.0. The van der Waals surface area contributed by atoms with Crippen LogP contribution in [-0.4, -0.2) is 26.2 Å². The number of carbonyl (C=O) groups excluding carboxylic acids is 2. The molecule has 0 amide bonds. The number of methoxy groups -OCH3 is 2. The maximum absolute atomic E-state index is 12.2. The van der Waals surface area contributed by atoms with E-state index in [9.17, 15) is 9.59 Å². The standard InChI is InChI=1S/C20H23ClO6/c1-10(2)19(22)26-15-13-8-7-12(21)9-14(13)16(27-20(23)11(3)4)18(25-6)17(15)24-5/h7-11H,1-6H3. The number of esters is 2. The van der Waals surface area contributed by atoms with Crippen LogP contribution in [0.5, 0.6) is 23.0 Å². The largest absolute Gasteiger partial charge is 0.490 e. The third kappa shape index (κ3) is 4.27. The van der Waals surface area contributed by atoms with Gasteiger partial charge >= 0.3 is 11.9 Å². The normalized spacial score (nSPS) is 11.0. The van der Waals surface area contributed by atoms with Crippen LogP contribution in [0.2, 0.25) is 5.02 Å². The third-order valence-electron chi connectivity index (χ3n) is 3.85. The maximum atomic E-state index is 12.2. The molecule has 0 fully saturated rings. The zero-order valence-corrected chi connectivity index (χ0v) is 17.0. The molecule has 0 heterocycles. The molecule has 6 nitrogen and oxygen atoms in total. The van der Waals surface area contributed by atoms with Gasteiger partial charge in [0.05, 0.1) is 26.1 Å². The van der Waals surface area contributed by atoms with Gasteiger partial charge in [-0.05, 0) is 18.2 Å². The lowest BCUT2D eigenvalue weighted by Gasteiger charge is -2.20. The van der Waals surface area contributed by atoms with Gasteiger partial charge in [-0.15, -0.1) is 0 Å². The third-order valence-corrected chi connectivity index (χ3v) is 4.08. The predicted octanol–water partition coefficient (Wildman–Crippen LogP) is 4.63. The van der Waals surface area contributed by atoms with Crippen molar-refractivity contribution < 1.29 is 28.5 Å². The summed E-state index contributed by atoms with van der Waals surface area (Å²) in [4.78, 5) is 24.4. The van der Waals surface area contributed by atoms with Crippen LogP contribution in [0, 0.1) is 11.8 Å². The van der Waals surface area contributed by atoms with E-state index in [0.717, 1.165) is 0 Å². The van der Waals surface area contributed by atoms with Crippen LogP contribution >= 0.6 is 11.6 Å². The molecule has 0 aliphatic rings. The molecule has 146 valence electrons. The van der Waals surface area contributed by atoms with Crippen molar-refractivity contribution >= 4 is 34.3 Å². The Kier molecular flexibility index (Phi) is 6.54. The molecule has 0 unspecified atom stereocenters. The van der Waals surface area contributed by atoms with Crippen LogP contribution < -0.4 is 18.9 Å². The molecule has 27 heavy (non-hydrogen) atoms. The van der Waals surface area contributed by atoms with E-state index in [1.165, 1.54) is 14.2 Å². The first-order chi connectivity index (χ1) is 12.7. The van der Waals surface area contributed by atoms with E-state index in [4.69, 9.17) is 30.5 Å². The smallest absolute Gasteiger partial charge is 0.313 e. The van der Waals surface area contributed by atoms with Gasteiger partial charge < -0.3 is 18.9 Å². The number of ether oxygens (including phenoxy) is 4. The average molecular weight is 395 g/mol. The summed E-state index contributed by atoms with van der Waals surface area (Å²) in [5.74, 6) is -0.920. The number of rotatable bonds is 6. The predicted molar refractivity (Wildman–Crippen MR) is 103 cm³/mol. The molecule has 0 aliphatic heterocycles. The second-order valence-electron chi connectivity index (χ2n) is 6.57. The Morgan fingerprint density at radius 3 is 1.63 bits per heavy atom. The van der Waals surface area contributed by atoms with E-state index in [0.29, 0.717) is 15.8 Å². The van der Waals surface area contributed by atoms with Crippen LogP contribution in [-0.2, 0) is 9.59 Å². The van der Waals surface area contributed by atoms with Gasteiger partial charge in [0.15, 0.2) is 11.5 Å². The SMILES string of the molecule is COc1c(OC)c(OC(=O)C(C)C)c2cc(Cl)ccc2c1OC(=O)C(C)C. The van der Waals surface area contributed by atoms with Crippen molar-refractivity contribution in [1.82, 2.24) is 0 Å². The lowest BCUT2D eigenvalue weighted by Crippen LogP contribution is -2.17. The highest BCUT2D eigenvalue weighted by atomic mass is 35.5. The Morgan fingerprint density at radius 2 is 1.22 bits per heavy atom. The number of hydrogen-bond acceptors (Lipinski definition) is 6. The number of halogens is 1. The molecule has 0 saturated carbocycles. The fourth-order valence-corrected chi connectivity index (χ4v) is 2.54. The van der Waals surface area contributed by atoms with Crippen molar-refractivity contribution in [1.29, 1.82) is 0 Å². The molecule has 2 aromatic carbocycles. The minimum Gasteiger partial charge on any atom is -0.490 e. The molecule has 2 aromatic rings. The maximum Gasteiger partial charge on any atom is 0.313 e. The van der Waals surface area contributed by atoms with Crippen LogP contribution in [0.15, 0.2) is 18.2 Å². The molecule has 0 aliphatic carbocycles. The highest BCUT2D eigenvalue weighted by Crippen LogP contribution is 2.51. The highest BCUT2D eigenvalue weighted by molar-refractivity contribution is 6.31. The van der Waals surface area contributed by atoms with E-state index >= 15 is 0 Å². The zero-order chi connectivity index (χ0) is 20.3. The van der Waals surface area contributed by atoms with Crippen LogP contribution in [0.25, 0.3) is 10.8 Å². The summed E-state index contributed by atoms with van der Waals surface area (Å²) in [5, 5.41) is 1.41. The van der Waals surface area contributed by atoms with Crippen molar-refractivity contribution in [2.75, 3.05) is 14.2 Å². The molecular formula is C20H23ClO6. The van der Waals surface area contributed by atoms with Gasteiger partial charge in [0, 0.05) is 15.8 Å². The Hall–Kier alpha value is -2.47. The molecule has 0 aromatic heterocycles. The van der Waals surface area contributed by atoms with Crippen LogP contribution in [0.1, 0.15) is 27.7 Å². The molecule has 2 rings (SSSR count). The topological polar surface area (TPSA) is 71.1 Å². The van der Waals surface area contributed by atoms with Crippen molar-refractivity contribution in [3.63, 3.8) is 0 Å². The van der Waals surface area contributed by atoms with Gasteiger partial charge in [-0.25, -0.2) is 0 Å². The second-order valence-corrected chi connectivity index (χ2v) is 7.00. The number of carbonyl (C=O) groups is 2. The minimum absolute atomic E-state index is 0.146. The Bertz CT molecular complexity index is 873. The number of benzene rings is 2. The Labute approximate surface area is 163 Å². The summed E-state index contributed by atoms with van der Waals surface area (Å²) in [5.41, 5.74) is 0. The molecule has 0 atom stereocenters. The first-order valence-corrected chi connectivity index (χ1v) is 8.89. The Morgan fingerprint density at radius 1 is 0.778 bits per heavy atom. The van der Waals surface area contributed by atoms with E-state index in [1.54, 1.807) is 45.9 Å². The molecule has 0 spiro atoms. The summed E-state index contributed by atoms with van der Waals surface area (Å²) in [6.45, 7) is 6.90. The first-order valence-electron chi connectivity index (χ1n) is 8.51. The van der Waals surface area contributed by atoms with Gasteiger partial charge in [-0.2, -0.15) is 0 Å². The fourth-order valence-electron chi connectivity index (χ4n) is 2.36. The van der Waals surface area contributed by atoms with E-state index in [1.807, 2.05) is 0 Å². The quantitative estimate of drug-likeness (QED) is 0.525.